The summed E-state index contributed by atoms with van der Waals surface area (Å²) in [5, 5.41) is 3.32. The summed E-state index contributed by atoms with van der Waals surface area (Å²) in [6.45, 7) is 9.37. The van der Waals surface area contributed by atoms with Crippen molar-refractivity contribution >= 4 is 18.2 Å². The summed E-state index contributed by atoms with van der Waals surface area (Å²) in [6.07, 6.45) is 1.95. The molecule has 1 aliphatic heterocycles. The van der Waals surface area contributed by atoms with Crippen LogP contribution in [0.5, 0.6) is 0 Å². The molecule has 0 spiro atoms. The summed E-state index contributed by atoms with van der Waals surface area (Å²) in [5.74, 6) is 1.63. The maximum absolute atomic E-state index is 10.7. The zero-order chi connectivity index (χ0) is 14.5. The average Bonchev–Trinajstić information content (AvgIpc) is 2.46. The summed E-state index contributed by atoms with van der Waals surface area (Å²) >= 11 is 0. The number of rotatable bonds is 5. The van der Waals surface area contributed by atoms with Crippen molar-refractivity contribution in [1.82, 2.24) is 14.9 Å². The van der Waals surface area contributed by atoms with Gasteiger partial charge in [0, 0.05) is 44.0 Å². The Morgan fingerprint density at radius 1 is 1.35 bits per heavy atom. The summed E-state index contributed by atoms with van der Waals surface area (Å²) in [4.78, 5) is 23.8. The second kappa shape index (κ2) is 6.54. The molecule has 0 saturated carbocycles. The molecule has 1 aliphatic rings. The van der Waals surface area contributed by atoms with Gasteiger partial charge in [-0.2, -0.15) is 4.98 Å². The molecule has 1 aromatic rings. The average molecular weight is 277 g/mol. The van der Waals surface area contributed by atoms with Crippen molar-refractivity contribution in [3.8, 4) is 0 Å². The molecular weight excluding hydrogens is 254 g/mol. The molecule has 1 aromatic heterocycles. The molecule has 6 nitrogen and oxygen atoms in total. The molecule has 1 fully saturated rings. The first-order chi connectivity index (χ1) is 9.62. The second-order valence-corrected chi connectivity index (χ2v) is 5.27. The summed E-state index contributed by atoms with van der Waals surface area (Å²) in [6, 6.07) is 2.36. The van der Waals surface area contributed by atoms with Crippen molar-refractivity contribution in [2.45, 2.75) is 33.2 Å². The van der Waals surface area contributed by atoms with Crippen molar-refractivity contribution in [2.75, 3.05) is 36.4 Å². The van der Waals surface area contributed by atoms with Crippen molar-refractivity contribution in [1.29, 1.82) is 0 Å². The number of anilines is 2. The number of nitrogens with zero attached hydrogens (tertiary/aromatic N) is 4. The van der Waals surface area contributed by atoms with Gasteiger partial charge in [0.25, 0.3) is 0 Å². The Morgan fingerprint density at radius 2 is 2.05 bits per heavy atom. The lowest BCUT2D eigenvalue weighted by molar-refractivity contribution is -0.118. The number of carbonyl (C=O) groups is 1. The van der Waals surface area contributed by atoms with Crippen LogP contribution in [0.4, 0.5) is 11.8 Å². The molecule has 6 heteroatoms. The lowest BCUT2D eigenvalue weighted by Gasteiger charge is -2.33. The standard InChI is InChI=1S/C14H23N5O/c1-4-11(2)15-14-16-12(3)9-13(17-14)19-7-5-18(10-20)6-8-19/h9-11H,4-8H2,1-3H3,(H,15,16,17). The van der Waals surface area contributed by atoms with Gasteiger partial charge >= 0.3 is 0 Å². The molecule has 0 aliphatic carbocycles. The number of piperazine rings is 1. The van der Waals surface area contributed by atoms with Crippen LogP contribution in [0.1, 0.15) is 26.0 Å². The van der Waals surface area contributed by atoms with Crippen molar-refractivity contribution in [2.24, 2.45) is 0 Å². The second-order valence-electron chi connectivity index (χ2n) is 5.27. The van der Waals surface area contributed by atoms with E-state index in [9.17, 15) is 4.79 Å². The molecule has 110 valence electrons. The predicted molar refractivity (Wildman–Crippen MR) is 80.0 cm³/mol. The minimum atomic E-state index is 0.358. The Hall–Kier alpha value is -1.85. The fourth-order valence-electron chi connectivity index (χ4n) is 2.16. The quantitative estimate of drug-likeness (QED) is 0.821. The molecule has 1 unspecified atom stereocenters. The zero-order valence-electron chi connectivity index (χ0n) is 12.5. The molecule has 2 heterocycles. The summed E-state index contributed by atoms with van der Waals surface area (Å²) < 4.78 is 0. The first-order valence-corrected chi connectivity index (χ1v) is 7.19. The third kappa shape index (κ3) is 3.59. The number of nitrogens with one attached hydrogen (secondary N) is 1. The van der Waals surface area contributed by atoms with Crippen molar-refractivity contribution < 1.29 is 4.79 Å². The molecule has 1 amide bonds. The van der Waals surface area contributed by atoms with E-state index in [-0.39, 0.29) is 0 Å². The minimum Gasteiger partial charge on any atom is -0.353 e. The van der Waals surface area contributed by atoms with Gasteiger partial charge in [0.15, 0.2) is 0 Å². The summed E-state index contributed by atoms with van der Waals surface area (Å²) in [5.41, 5.74) is 0.957. The van der Waals surface area contributed by atoms with E-state index in [1.165, 1.54) is 0 Å². The van der Waals surface area contributed by atoms with Gasteiger partial charge in [-0.1, -0.05) is 6.92 Å². The SMILES string of the molecule is CCC(C)Nc1nc(C)cc(N2CCN(C=O)CC2)n1. The predicted octanol–water partition coefficient (Wildman–Crippen LogP) is 1.27. The highest BCUT2D eigenvalue weighted by Crippen LogP contribution is 2.17. The monoisotopic (exact) mass is 277 g/mol. The Morgan fingerprint density at radius 3 is 2.65 bits per heavy atom. The van der Waals surface area contributed by atoms with Crippen molar-refractivity contribution in [3.63, 3.8) is 0 Å². The molecule has 1 atom stereocenters. The number of hydrogen-bond acceptors (Lipinski definition) is 5. The first kappa shape index (κ1) is 14.6. The van der Waals surface area contributed by atoms with Crippen LogP contribution in [-0.2, 0) is 4.79 Å². The van der Waals surface area contributed by atoms with Gasteiger partial charge in [0.1, 0.15) is 5.82 Å². The lowest BCUT2D eigenvalue weighted by Crippen LogP contribution is -2.46. The minimum absolute atomic E-state index is 0.358. The van der Waals surface area contributed by atoms with Crippen LogP contribution in [0.25, 0.3) is 0 Å². The van der Waals surface area contributed by atoms with E-state index in [2.05, 4.69) is 34.0 Å². The molecule has 0 radical (unpaired) electrons. The van der Waals surface area contributed by atoms with Gasteiger partial charge < -0.3 is 15.1 Å². The normalized spacial score (nSPS) is 16.9. The van der Waals surface area contributed by atoms with Crippen LogP contribution in [0.2, 0.25) is 0 Å². The smallest absolute Gasteiger partial charge is 0.225 e. The highest BCUT2D eigenvalue weighted by molar-refractivity contribution is 5.50. The summed E-state index contributed by atoms with van der Waals surface area (Å²) in [7, 11) is 0. The zero-order valence-corrected chi connectivity index (χ0v) is 12.5. The van der Waals surface area contributed by atoms with Gasteiger partial charge in [0.2, 0.25) is 12.4 Å². The van der Waals surface area contributed by atoms with Gasteiger partial charge in [-0.15, -0.1) is 0 Å². The largest absolute Gasteiger partial charge is 0.353 e. The fraction of sp³-hybridized carbons (Fsp3) is 0.643. The Balaban J connectivity index is 2.09. The molecular formula is C14H23N5O. The van der Waals surface area contributed by atoms with E-state index in [1.54, 1.807) is 4.90 Å². The van der Waals surface area contributed by atoms with E-state index in [1.807, 2.05) is 13.0 Å². The number of aromatic nitrogens is 2. The van der Waals surface area contributed by atoms with E-state index in [4.69, 9.17) is 0 Å². The molecule has 0 aromatic carbocycles. The third-order valence-corrected chi connectivity index (χ3v) is 3.62. The number of amides is 1. The fourth-order valence-corrected chi connectivity index (χ4v) is 2.16. The van der Waals surface area contributed by atoms with E-state index < -0.39 is 0 Å². The number of hydrogen-bond donors (Lipinski definition) is 1. The molecule has 1 saturated heterocycles. The molecule has 1 N–H and O–H groups in total. The molecule has 20 heavy (non-hydrogen) atoms. The van der Waals surface area contributed by atoms with Gasteiger partial charge in [-0.3, -0.25) is 4.79 Å². The maximum Gasteiger partial charge on any atom is 0.225 e. The Bertz CT molecular complexity index is 457. The van der Waals surface area contributed by atoms with Crippen LogP contribution in [0.15, 0.2) is 6.07 Å². The molecule has 2 rings (SSSR count). The Labute approximate surface area is 120 Å². The van der Waals surface area contributed by atoms with Crippen molar-refractivity contribution in [3.05, 3.63) is 11.8 Å². The van der Waals surface area contributed by atoms with Crippen LogP contribution < -0.4 is 10.2 Å². The van der Waals surface area contributed by atoms with E-state index in [0.717, 1.165) is 50.5 Å². The van der Waals surface area contributed by atoms with Gasteiger partial charge in [-0.05, 0) is 20.3 Å². The maximum atomic E-state index is 10.7. The molecule has 0 bridgehead atoms. The van der Waals surface area contributed by atoms with Crippen LogP contribution >= 0.6 is 0 Å². The third-order valence-electron chi connectivity index (χ3n) is 3.62. The topological polar surface area (TPSA) is 61.4 Å². The number of aryl methyl sites for hydroxylation is 1. The highest BCUT2D eigenvalue weighted by atomic mass is 16.1. The highest BCUT2D eigenvalue weighted by Gasteiger charge is 2.18. The van der Waals surface area contributed by atoms with E-state index in [0.29, 0.717) is 12.0 Å². The van der Waals surface area contributed by atoms with Crippen LogP contribution in [0, 0.1) is 6.92 Å². The first-order valence-electron chi connectivity index (χ1n) is 7.19. The van der Waals surface area contributed by atoms with E-state index >= 15 is 0 Å². The Kier molecular flexibility index (Phi) is 4.76. The van der Waals surface area contributed by atoms with Crippen LogP contribution in [-0.4, -0.2) is 53.5 Å². The van der Waals surface area contributed by atoms with Gasteiger partial charge in [-0.25, -0.2) is 4.98 Å². The van der Waals surface area contributed by atoms with Gasteiger partial charge in [0.05, 0.1) is 0 Å². The number of carbonyl (C=O) groups excluding carboxylic acids is 1. The lowest BCUT2D eigenvalue weighted by atomic mass is 10.3. The van der Waals surface area contributed by atoms with Crippen LogP contribution in [0.3, 0.4) is 0 Å².